The molecule has 3 rings (SSSR count). The minimum Gasteiger partial charge on any atom is -0.495 e. The number of methoxy groups -OCH3 is 1. The molecular formula is C19H12Br2FNO5. The van der Waals surface area contributed by atoms with Crippen molar-refractivity contribution < 1.29 is 23.5 Å². The molecule has 0 fully saturated rings. The molecule has 0 aliphatic rings. The normalized spacial score (nSPS) is 10.4. The molecule has 144 valence electrons. The van der Waals surface area contributed by atoms with Gasteiger partial charge in [-0.25, -0.2) is 4.39 Å². The molecule has 0 saturated carbocycles. The number of ether oxygens (including phenoxy) is 3. The smallest absolute Gasteiger partial charge is 0.353 e. The van der Waals surface area contributed by atoms with Crippen LogP contribution in [0.4, 0.5) is 10.1 Å². The Bertz CT molecular complexity index is 1040. The molecule has 0 saturated heterocycles. The van der Waals surface area contributed by atoms with Crippen molar-refractivity contribution in [2.75, 3.05) is 7.11 Å². The summed E-state index contributed by atoms with van der Waals surface area (Å²) in [6.45, 7) is 0. The summed E-state index contributed by atoms with van der Waals surface area (Å²) in [5.41, 5.74) is -0.395. The summed E-state index contributed by atoms with van der Waals surface area (Å²) in [7, 11) is 1.50. The summed E-state index contributed by atoms with van der Waals surface area (Å²) in [5, 5.41) is 11.7. The number of halogens is 3. The largest absolute Gasteiger partial charge is 0.495 e. The Morgan fingerprint density at radius 3 is 1.82 bits per heavy atom. The fourth-order valence-corrected chi connectivity index (χ4v) is 3.23. The third kappa shape index (κ3) is 4.10. The van der Waals surface area contributed by atoms with Gasteiger partial charge in [-0.3, -0.25) is 10.1 Å². The highest BCUT2D eigenvalue weighted by Gasteiger charge is 2.25. The number of rotatable bonds is 6. The maximum absolute atomic E-state index is 13.7. The second kappa shape index (κ2) is 8.57. The number of nitrogens with zero attached hydrogens (tertiary/aromatic N) is 1. The highest BCUT2D eigenvalue weighted by Crippen LogP contribution is 2.44. The first-order chi connectivity index (χ1) is 13.4. The van der Waals surface area contributed by atoms with E-state index >= 15 is 0 Å². The van der Waals surface area contributed by atoms with Gasteiger partial charge in [0.1, 0.15) is 27.5 Å². The van der Waals surface area contributed by atoms with E-state index < -0.39 is 16.4 Å². The van der Waals surface area contributed by atoms with Crippen LogP contribution in [0, 0.1) is 15.9 Å². The van der Waals surface area contributed by atoms with Crippen LogP contribution in [0.2, 0.25) is 0 Å². The zero-order valence-corrected chi connectivity index (χ0v) is 17.5. The van der Waals surface area contributed by atoms with Crippen molar-refractivity contribution in [3.63, 3.8) is 0 Å². The van der Waals surface area contributed by atoms with Gasteiger partial charge in [0.15, 0.2) is 0 Å². The molecule has 0 amide bonds. The number of benzene rings is 3. The van der Waals surface area contributed by atoms with Gasteiger partial charge in [-0.2, -0.15) is 0 Å². The van der Waals surface area contributed by atoms with Crippen LogP contribution >= 0.6 is 31.9 Å². The third-order valence-corrected chi connectivity index (χ3v) is 5.20. The van der Waals surface area contributed by atoms with E-state index in [1.54, 1.807) is 24.3 Å². The molecule has 28 heavy (non-hydrogen) atoms. The van der Waals surface area contributed by atoms with E-state index in [1.807, 2.05) is 0 Å². The molecule has 0 radical (unpaired) electrons. The molecule has 0 aliphatic heterocycles. The van der Waals surface area contributed by atoms with Gasteiger partial charge < -0.3 is 14.2 Å². The standard InChI is InChI=1S/C19H12Br2FNO5/c1-26-12-6-3-8-14(18(12)21)28-16-10-4-9-15(19(16)23(24)25)27-13-7-2-5-11(22)17(13)20/h2-10H,1H3. The van der Waals surface area contributed by atoms with Gasteiger partial charge in [-0.05, 0) is 68.3 Å². The molecule has 0 bridgehead atoms. The first-order valence-corrected chi connectivity index (χ1v) is 9.40. The van der Waals surface area contributed by atoms with Crippen molar-refractivity contribution in [1.82, 2.24) is 0 Å². The van der Waals surface area contributed by atoms with E-state index in [0.29, 0.717) is 16.0 Å². The van der Waals surface area contributed by atoms with Gasteiger partial charge in [0, 0.05) is 0 Å². The zero-order chi connectivity index (χ0) is 20.3. The molecule has 6 nitrogen and oxygen atoms in total. The van der Waals surface area contributed by atoms with Crippen LogP contribution in [-0.4, -0.2) is 12.0 Å². The lowest BCUT2D eigenvalue weighted by Crippen LogP contribution is -1.98. The van der Waals surface area contributed by atoms with E-state index in [0.717, 1.165) is 0 Å². The monoisotopic (exact) mass is 511 g/mol. The van der Waals surface area contributed by atoms with Gasteiger partial charge in [0.2, 0.25) is 11.5 Å². The Hall–Kier alpha value is -2.65. The van der Waals surface area contributed by atoms with Crippen LogP contribution in [0.3, 0.4) is 0 Å². The van der Waals surface area contributed by atoms with E-state index in [-0.39, 0.29) is 21.7 Å². The van der Waals surface area contributed by atoms with Gasteiger partial charge in [0.05, 0.1) is 16.5 Å². The van der Waals surface area contributed by atoms with Crippen LogP contribution in [0.15, 0.2) is 63.5 Å². The molecule has 9 heteroatoms. The van der Waals surface area contributed by atoms with Crippen LogP contribution in [0.25, 0.3) is 0 Å². The Morgan fingerprint density at radius 1 is 0.821 bits per heavy atom. The molecule has 0 atom stereocenters. The van der Waals surface area contributed by atoms with Gasteiger partial charge in [-0.15, -0.1) is 0 Å². The van der Waals surface area contributed by atoms with E-state index in [2.05, 4.69) is 31.9 Å². The number of hydrogen-bond donors (Lipinski definition) is 0. The lowest BCUT2D eigenvalue weighted by atomic mass is 10.2. The van der Waals surface area contributed by atoms with Crippen molar-refractivity contribution in [2.45, 2.75) is 0 Å². The van der Waals surface area contributed by atoms with Crippen molar-refractivity contribution in [2.24, 2.45) is 0 Å². The molecule has 3 aromatic carbocycles. The van der Waals surface area contributed by atoms with E-state index in [9.17, 15) is 14.5 Å². The Morgan fingerprint density at radius 2 is 1.29 bits per heavy atom. The number of nitro benzene ring substituents is 1. The Kier molecular flexibility index (Phi) is 6.15. The number of nitro groups is 1. The minimum absolute atomic E-state index is 0.0380. The maximum atomic E-state index is 13.7. The second-order valence-corrected chi connectivity index (χ2v) is 6.97. The predicted molar refractivity (Wildman–Crippen MR) is 108 cm³/mol. The molecule has 0 unspecified atom stereocenters. The SMILES string of the molecule is COc1cccc(Oc2cccc(Oc3cccc(F)c3Br)c2[N+](=O)[O-])c1Br. The summed E-state index contributed by atoms with van der Waals surface area (Å²) in [6, 6.07) is 13.6. The van der Waals surface area contributed by atoms with Gasteiger partial charge in [0.25, 0.3) is 0 Å². The summed E-state index contributed by atoms with van der Waals surface area (Å²) in [5.74, 6) is 0.260. The van der Waals surface area contributed by atoms with Crippen molar-refractivity contribution in [3.8, 4) is 28.7 Å². The quantitative estimate of drug-likeness (QED) is 0.266. The Balaban J connectivity index is 2.03. The summed E-state index contributed by atoms with van der Waals surface area (Å²) in [4.78, 5) is 11.1. The summed E-state index contributed by atoms with van der Waals surface area (Å²) in [6.07, 6.45) is 0. The van der Waals surface area contributed by atoms with Crippen LogP contribution in [0.1, 0.15) is 0 Å². The fourth-order valence-electron chi connectivity index (χ4n) is 2.37. The molecule has 0 spiro atoms. The first kappa shape index (κ1) is 20.1. The van der Waals surface area contributed by atoms with Gasteiger partial charge >= 0.3 is 5.69 Å². The molecule has 0 aromatic heterocycles. The Labute approximate surface area is 176 Å². The molecule has 0 aliphatic carbocycles. The van der Waals surface area contributed by atoms with E-state index in [1.165, 1.54) is 37.4 Å². The maximum Gasteiger partial charge on any atom is 0.353 e. The lowest BCUT2D eigenvalue weighted by Gasteiger charge is -2.13. The second-order valence-electron chi connectivity index (χ2n) is 5.39. The lowest BCUT2D eigenvalue weighted by molar-refractivity contribution is -0.386. The van der Waals surface area contributed by atoms with E-state index in [4.69, 9.17) is 14.2 Å². The third-order valence-electron chi connectivity index (χ3n) is 3.65. The number of para-hydroxylation sites is 1. The average molecular weight is 513 g/mol. The summed E-state index contributed by atoms with van der Waals surface area (Å²) >= 11 is 6.43. The number of hydrogen-bond acceptors (Lipinski definition) is 5. The fraction of sp³-hybridized carbons (Fsp3) is 0.0526. The van der Waals surface area contributed by atoms with Crippen molar-refractivity contribution in [3.05, 3.63) is 79.5 Å². The first-order valence-electron chi connectivity index (χ1n) is 7.82. The van der Waals surface area contributed by atoms with Crippen LogP contribution in [0.5, 0.6) is 28.7 Å². The average Bonchev–Trinajstić information content (AvgIpc) is 2.67. The zero-order valence-electron chi connectivity index (χ0n) is 14.3. The van der Waals surface area contributed by atoms with Crippen molar-refractivity contribution in [1.29, 1.82) is 0 Å². The highest BCUT2D eigenvalue weighted by molar-refractivity contribution is 9.11. The van der Waals surface area contributed by atoms with Crippen LogP contribution in [-0.2, 0) is 0 Å². The van der Waals surface area contributed by atoms with Gasteiger partial charge in [-0.1, -0.05) is 18.2 Å². The van der Waals surface area contributed by atoms with Crippen LogP contribution < -0.4 is 14.2 Å². The van der Waals surface area contributed by atoms with Crippen molar-refractivity contribution >= 4 is 37.5 Å². The predicted octanol–water partition coefficient (Wildman–Crippen LogP) is 6.85. The summed E-state index contributed by atoms with van der Waals surface area (Å²) < 4.78 is 30.8. The molecule has 0 N–H and O–H groups in total. The minimum atomic E-state index is -0.619. The molecule has 3 aromatic rings. The molecule has 0 heterocycles. The highest BCUT2D eigenvalue weighted by atomic mass is 79.9. The topological polar surface area (TPSA) is 70.8 Å². The molecular weight excluding hydrogens is 501 g/mol.